The molecule has 5 heteroatoms. The largest absolute Gasteiger partial charge is 0.522 e. The molecule has 0 heterocycles. The smallest absolute Gasteiger partial charge is 0.381 e. The molecule has 0 aliphatic rings. The maximum atomic E-state index is 11.9. The SMILES string of the molecule is CC(COCC(C)(C)C(C)C)C(C)COC(F)(F)F. The molecule has 0 spiro atoms. The summed E-state index contributed by atoms with van der Waals surface area (Å²) in [6, 6.07) is 0. The Balaban J connectivity index is 3.95. The Hall–Kier alpha value is -0.290. The molecule has 0 bridgehead atoms. The van der Waals surface area contributed by atoms with Gasteiger partial charge in [0.1, 0.15) is 0 Å². The lowest BCUT2D eigenvalue weighted by atomic mass is 9.82. The molecule has 0 amide bonds. The molecule has 2 nitrogen and oxygen atoms in total. The van der Waals surface area contributed by atoms with Crippen LogP contribution in [-0.2, 0) is 9.47 Å². The minimum Gasteiger partial charge on any atom is -0.381 e. The van der Waals surface area contributed by atoms with Gasteiger partial charge in [0.2, 0.25) is 0 Å². The highest BCUT2D eigenvalue weighted by molar-refractivity contribution is 4.72. The van der Waals surface area contributed by atoms with Crippen LogP contribution in [0.5, 0.6) is 0 Å². The second-order valence-electron chi connectivity index (χ2n) is 6.37. The van der Waals surface area contributed by atoms with Crippen molar-refractivity contribution in [3.05, 3.63) is 0 Å². The van der Waals surface area contributed by atoms with E-state index >= 15 is 0 Å². The molecule has 0 aromatic carbocycles. The van der Waals surface area contributed by atoms with Gasteiger partial charge in [-0.15, -0.1) is 13.2 Å². The highest BCUT2D eigenvalue weighted by Gasteiger charge is 2.30. The monoisotopic (exact) mass is 284 g/mol. The second kappa shape index (κ2) is 7.48. The molecule has 19 heavy (non-hydrogen) atoms. The third kappa shape index (κ3) is 8.47. The van der Waals surface area contributed by atoms with Crippen molar-refractivity contribution in [3.8, 4) is 0 Å². The molecule has 116 valence electrons. The first-order valence-corrected chi connectivity index (χ1v) is 6.74. The van der Waals surface area contributed by atoms with Crippen molar-refractivity contribution >= 4 is 0 Å². The van der Waals surface area contributed by atoms with Crippen molar-refractivity contribution in [3.63, 3.8) is 0 Å². The molecule has 0 aliphatic carbocycles. The Kier molecular flexibility index (Phi) is 7.37. The summed E-state index contributed by atoms with van der Waals surface area (Å²) in [7, 11) is 0. The quantitative estimate of drug-likeness (QED) is 0.653. The summed E-state index contributed by atoms with van der Waals surface area (Å²) in [4.78, 5) is 0. The van der Waals surface area contributed by atoms with Crippen LogP contribution in [0.1, 0.15) is 41.5 Å². The van der Waals surface area contributed by atoms with E-state index in [1.807, 2.05) is 6.92 Å². The zero-order chi connectivity index (χ0) is 15.3. The van der Waals surface area contributed by atoms with Crippen LogP contribution in [0, 0.1) is 23.2 Å². The lowest BCUT2D eigenvalue weighted by Gasteiger charge is -2.30. The van der Waals surface area contributed by atoms with Gasteiger partial charge < -0.3 is 4.74 Å². The van der Waals surface area contributed by atoms with Gasteiger partial charge in [-0.25, -0.2) is 0 Å². The van der Waals surface area contributed by atoms with Gasteiger partial charge in [0.25, 0.3) is 0 Å². The Morgan fingerprint density at radius 1 is 0.895 bits per heavy atom. The number of hydrogen-bond donors (Lipinski definition) is 0. The Morgan fingerprint density at radius 2 is 1.37 bits per heavy atom. The van der Waals surface area contributed by atoms with Crippen molar-refractivity contribution < 1.29 is 22.6 Å². The van der Waals surface area contributed by atoms with Crippen LogP contribution in [0.4, 0.5) is 13.2 Å². The van der Waals surface area contributed by atoms with Gasteiger partial charge in [0.15, 0.2) is 0 Å². The molecule has 0 saturated heterocycles. The lowest BCUT2D eigenvalue weighted by Crippen LogP contribution is -2.29. The molecule has 0 aromatic rings. The summed E-state index contributed by atoms with van der Waals surface area (Å²) in [5.74, 6) is 0.336. The van der Waals surface area contributed by atoms with Crippen LogP contribution in [0.2, 0.25) is 0 Å². The first kappa shape index (κ1) is 18.7. The summed E-state index contributed by atoms with van der Waals surface area (Å²) >= 11 is 0. The van der Waals surface area contributed by atoms with Crippen LogP contribution >= 0.6 is 0 Å². The minimum absolute atomic E-state index is 0.0327. The fourth-order valence-electron chi connectivity index (χ4n) is 1.23. The zero-order valence-corrected chi connectivity index (χ0v) is 12.8. The first-order chi connectivity index (χ1) is 8.46. The first-order valence-electron chi connectivity index (χ1n) is 6.74. The van der Waals surface area contributed by atoms with Gasteiger partial charge in [-0.1, -0.05) is 41.5 Å². The number of halogens is 3. The Morgan fingerprint density at radius 3 is 1.79 bits per heavy atom. The van der Waals surface area contributed by atoms with Crippen LogP contribution in [0.25, 0.3) is 0 Å². The van der Waals surface area contributed by atoms with Crippen molar-refractivity contribution in [2.24, 2.45) is 23.2 Å². The highest BCUT2D eigenvalue weighted by Crippen LogP contribution is 2.27. The minimum atomic E-state index is -4.55. The summed E-state index contributed by atoms with van der Waals surface area (Å²) in [5, 5.41) is 0. The van der Waals surface area contributed by atoms with Gasteiger partial charge in [0.05, 0.1) is 13.2 Å². The van der Waals surface area contributed by atoms with E-state index in [1.165, 1.54) is 0 Å². The lowest BCUT2D eigenvalue weighted by molar-refractivity contribution is -0.329. The second-order valence-corrected chi connectivity index (χ2v) is 6.37. The topological polar surface area (TPSA) is 18.5 Å². The maximum absolute atomic E-state index is 11.9. The molecule has 0 radical (unpaired) electrons. The molecule has 0 N–H and O–H groups in total. The highest BCUT2D eigenvalue weighted by atomic mass is 19.4. The van der Waals surface area contributed by atoms with Crippen LogP contribution in [0.3, 0.4) is 0 Å². The Bertz CT molecular complexity index is 250. The summed E-state index contributed by atoms with van der Waals surface area (Å²) < 4.78 is 45.2. The summed E-state index contributed by atoms with van der Waals surface area (Å²) in [6.45, 7) is 12.9. The third-order valence-electron chi connectivity index (χ3n) is 3.90. The van der Waals surface area contributed by atoms with Gasteiger partial charge in [-0.2, -0.15) is 0 Å². The fraction of sp³-hybridized carbons (Fsp3) is 1.00. The van der Waals surface area contributed by atoms with Gasteiger partial charge in [0, 0.05) is 6.61 Å². The molecule has 2 unspecified atom stereocenters. The molecule has 0 fully saturated rings. The van der Waals surface area contributed by atoms with Gasteiger partial charge in [-0.05, 0) is 23.2 Å². The molecule has 0 aromatic heterocycles. The molecule has 2 atom stereocenters. The van der Waals surface area contributed by atoms with E-state index in [9.17, 15) is 13.2 Å². The van der Waals surface area contributed by atoms with E-state index in [1.54, 1.807) is 6.92 Å². The van der Waals surface area contributed by atoms with Crippen LogP contribution in [-0.4, -0.2) is 26.2 Å². The van der Waals surface area contributed by atoms with E-state index in [4.69, 9.17) is 4.74 Å². The van der Waals surface area contributed by atoms with Crippen LogP contribution in [0.15, 0.2) is 0 Å². The third-order valence-corrected chi connectivity index (χ3v) is 3.90. The standard InChI is InChI=1S/C14H27F3O2/c1-10(2)13(5,6)9-18-7-11(3)12(4)8-19-14(15,16)17/h10-12H,7-9H2,1-6H3. The zero-order valence-electron chi connectivity index (χ0n) is 12.8. The number of ether oxygens (including phenoxy) is 2. The van der Waals surface area contributed by atoms with E-state index in [2.05, 4.69) is 32.4 Å². The average molecular weight is 284 g/mol. The van der Waals surface area contributed by atoms with Crippen molar-refractivity contribution in [2.75, 3.05) is 19.8 Å². The number of rotatable bonds is 8. The number of alkyl halides is 3. The van der Waals surface area contributed by atoms with Gasteiger partial charge in [-0.3, -0.25) is 4.74 Å². The summed E-state index contributed by atoms with van der Waals surface area (Å²) in [6.07, 6.45) is -4.55. The average Bonchev–Trinajstić information content (AvgIpc) is 2.24. The van der Waals surface area contributed by atoms with E-state index < -0.39 is 6.36 Å². The molecule has 0 rings (SSSR count). The Labute approximate surface area is 114 Å². The predicted molar refractivity (Wildman–Crippen MR) is 69.8 cm³/mol. The van der Waals surface area contributed by atoms with Crippen LogP contribution < -0.4 is 0 Å². The number of hydrogen-bond acceptors (Lipinski definition) is 2. The van der Waals surface area contributed by atoms with E-state index in [-0.39, 0.29) is 23.9 Å². The van der Waals surface area contributed by atoms with Gasteiger partial charge >= 0.3 is 6.36 Å². The maximum Gasteiger partial charge on any atom is 0.522 e. The molecular formula is C14H27F3O2. The molecule has 0 saturated carbocycles. The fourth-order valence-corrected chi connectivity index (χ4v) is 1.23. The van der Waals surface area contributed by atoms with E-state index in [0.29, 0.717) is 19.1 Å². The van der Waals surface area contributed by atoms with E-state index in [0.717, 1.165) is 0 Å². The summed E-state index contributed by atoms with van der Waals surface area (Å²) in [5.41, 5.74) is 0.0748. The predicted octanol–water partition coefficient (Wildman–Crippen LogP) is 4.49. The van der Waals surface area contributed by atoms with Crippen molar-refractivity contribution in [2.45, 2.75) is 47.9 Å². The normalized spacial score (nSPS) is 16.7. The van der Waals surface area contributed by atoms with Crippen molar-refractivity contribution in [1.29, 1.82) is 0 Å². The van der Waals surface area contributed by atoms with Crippen molar-refractivity contribution in [1.82, 2.24) is 0 Å². The molecule has 0 aliphatic heterocycles. The molecular weight excluding hydrogens is 257 g/mol.